The first kappa shape index (κ1) is 9.17. The molecule has 1 heterocycles. The SMILES string of the molecule is CCCCCc1ccc(C)nn1. The van der Waals surface area contributed by atoms with E-state index in [1.54, 1.807) is 0 Å². The predicted octanol–water partition coefficient (Wildman–Crippen LogP) is 2.52. The third-order valence-corrected chi connectivity index (χ3v) is 1.89. The van der Waals surface area contributed by atoms with Crippen molar-refractivity contribution in [2.45, 2.75) is 39.5 Å². The molecule has 66 valence electrons. The summed E-state index contributed by atoms with van der Waals surface area (Å²) in [6.45, 7) is 4.17. The van der Waals surface area contributed by atoms with Gasteiger partial charge in [-0.2, -0.15) is 10.2 Å². The first-order valence-corrected chi connectivity index (χ1v) is 4.62. The molecule has 0 radical (unpaired) electrons. The molecule has 0 atom stereocenters. The number of hydrogen-bond donors (Lipinski definition) is 0. The molecule has 0 spiro atoms. The first-order valence-electron chi connectivity index (χ1n) is 4.62. The molecule has 0 amide bonds. The van der Waals surface area contributed by atoms with Gasteiger partial charge in [0.1, 0.15) is 0 Å². The molecule has 0 aliphatic rings. The molecule has 0 unspecified atom stereocenters. The summed E-state index contributed by atoms with van der Waals surface area (Å²) in [7, 11) is 0. The molecule has 0 fully saturated rings. The maximum atomic E-state index is 4.10. The highest BCUT2D eigenvalue weighted by molar-refractivity contribution is 5.05. The van der Waals surface area contributed by atoms with E-state index in [0.29, 0.717) is 0 Å². The largest absolute Gasteiger partial charge is 0.156 e. The molecule has 1 aromatic heterocycles. The highest BCUT2D eigenvalue weighted by Gasteiger charge is 1.94. The van der Waals surface area contributed by atoms with Crippen molar-refractivity contribution in [2.75, 3.05) is 0 Å². The lowest BCUT2D eigenvalue weighted by Crippen LogP contribution is -1.94. The third-order valence-electron chi connectivity index (χ3n) is 1.89. The van der Waals surface area contributed by atoms with E-state index in [4.69, 9.17) is 0 Å². The van der Waals surface area contributed by atoms with Crippen molar-refractivity contribution in [2.24, 2.45) is 0 Å². The minimum Gasteiger partial charge on any atom is -0.156 e. The van der Waals surface area contributed by atoms with Gasteiger partial charge in [0.2, 0.25) is 0 Å². The number of rotatable bonds is 4. The van der Waals surface area contributed by atoms with Gasteiger partial charge in [-0.05, 0) is 31.9 Å². The average molecular weight is 164 g/mol. The standard InChI is InChI=1S/C10H16N2/c1-3-4-5-6-10-8-7-9(2)11-12-10/h7-8H,3-6H2,1-2H3. The monoisotopic (exact) mass is 164 g/mol. The van der Waals surface area contributed by atoms with Gasteiger partial charge in [-0.25, -0.2) is 0 Å². The quantitative estimate of drug-likeness (QED) is 0.639. The Morgan fingerprint density at radius 2 is 2.00 bits per heavy atom. The van der Waals surface area contributed by atoms with Crippen LogP contribution in [0.1, 0.15) is 37.6 Å². The molecule has 0 aromatic carbocycles. The van der Waals surface area contributed by atoms with Crippen LogP contribution < -0.4 is 0 Å². The molecule has 1 aromatic rings. The molecule has 2 heteroatoms. The molecule has 0 saturated carbocycles. The summed E-state index contributed by atoms with van der Waals surface area (Å²) < 4.78 is 0. The zero-order chi connectivity index (χ0) is 8.81. The second-order valence-corrected chi connectivity index (χ2v) is 3.12. The Morgan fingerprint density at radius 1 is 1.17 bits per heavy atom. The van der Waals surface area contributed by atoms with E-state index in [0.717, 1.165) is 17.8 Å². The molecule has 0 N–H and O–H groups in total. The van der Waals surface area contributed by atoms with Crippen LogP contribution >= 0.6 is 0 Å². The van der Waals surface area contributed by atoms with Gasteiger partial charge in [-0.1, -0.05) is 19.8 Å². The van der Waals surface area contributed by atoms with Crippen molar-refractivity contribution in [3.05, 3.63) is 23.5 Å². The molecule has 1 rings (SSSR count). The van der Waals surface area contributed by atoms with Crippen LogP contribution in [-0.2, 0) is 6.42 Å². The fraction of sp³-hybridized carbons (Fsp3) is 0.600. The molecule has 0 aliphatic carbocycles. The number of nitrogens with zero attached hydrogens (tertiary/aromatic N) is 2. The Labute approximate surface area is 74.0 Å². The van der Waals surface area contributed by atoms with E-state index in [1.165, 1.54) is 19.3 Å². The Bertz CT molecular complexity index is 216. The van der Waals surface area contributed by atoms with E-state index in [9.17, 15) is 0 Å². The van der Waals surface area contributed by atoms with Crippen LogP contribution in [0.25, 0.3) is 0 Å². The van der Waals surface area contributed by atoms with Crippen LogP contribution in [0.4, 0.5) is 0 Å². The van der Waals surface area contributed by atoms with Crippen molar-refractivity contribution in [3.8, 4) is 0 Å². The summed E-state index contributed by atoms with van der Waals surface area (Å²) >= 11 is 0. The van der Waals surface area contributed by atoms with Crippen molar-refractivity contribution in [3.63, 3.8) is 0 Å². The molecule has 0 aliphatic heterocycles. The van der Waals surface area contributed by atoms with Gasteiger partial charge in [0, 0.05) is 0 Å². The summed E-state index contributed by atoms with van der Waals surface area (Å²) in [4.78, 5) is 0. The summed E-state index contributed by atoms with van der Waals surface area (Å²) in [5, 5.41) is 8.11. The fourth-order valence-electron chi connectivity index (χ4n) is 1.12. The van der Waals surface area contributed by atoms with E-state index < -0.39 is 0 Å². The molecular weight excluding hydrogens is 148 g/mol. The normalized spacial score (nSPS) is 10.2. The summed E-state index contributed by atoms with van der Waals surface area (Å²) in [5.41, 5.74) is 2.11. The zero-order valence-electron chi connectivity index (χ0n) is 7.88. The van der Waals surface area contributed by atoms with E-state index >= 15 is 0 Å². The lowest BCUT2D eigenvalue weighted by atomic mass is 10.1. The van der Waals surface area contributed by atoms with E-state index in [-0.39, 0.29) is 0 Å². The lowest BCUT2D eigenvalue weighted by molar-refractivity contribution is 0.697. The number of aromatic nitrogens is 2. The van der Waals surface area contributed by atoms with E-state index in [1.807, 2.05) is 13.0 Å². The summed E-state index contributed by atoms with van der Waals surface area (Å²) in [6, 6.07) is 4.09. The van der Waals surface area contributed by atoms with Crippen molar-refractivity contribution >= 4 is 0 Å². The van der Waals surface area contributed by atoms with Gasteiger partial charge < -0.3 is 0 Å². The minimum absolute atomic E-state index is 0.995. The molecule has 0 saturated heterocycles. The summed E-state index contributed by atoms with van der Waals surface area (Å²) in [6.07, 6.45) is 4.85. The third kappa shape index (κ3) is 2.99. The Morgan fingerprint density at radius 3 is 2.58 bits per heavy atom. The number of hydrogen-bond acceptors (Lipinski definition) is 2. The topological polar surface area (TPSA) is 25.8 Å². The van der Waals surface area contributed by atoms with Crippen LogP contribution in [0.5, 0.6) is 0 Å². The molecule has 0 bridgehead atoms. The maximum Gasteiger partial charge on any atom is 0.0631 e. The second kappa shape index (κ2) is 4.86. The highest BCUT2D eigenvalue weighted by atomic mass is 15.1. The Hall–Kier alpha value is -0.920. The van der Waals surface area contributed by atoms with Crippen LogP contribution in [-0.4, -0.2) is 10.2 Å². The van der Waals surface area contributed by atoms with Crippen LogP contribution in [0.3, 0.4) is 0 Å². The predicted molar refractivity (Wildman–Crippen MR) is 50.0 cm³/mol. The van der Waals surface area contributed by atoms with Gasteiger partial charge in [0.15, 0.2) is 0 Å². The second-order valence-electron chi connectivity index (χ2n) is 3.12. The average Bonchev–Trinajstić information content (AvgIpc) is 2.09. The Kier molecular flexibility index (Phi) is 3.71. The smallest absolute Gasteiger partial charge is 0.0631 e. The minimum atomic E-state index is 0.995. The number of unbranched alkanes of at least 4 members (excludes halogenated alkanes) is 2. The molecular formula is C10H16N2. The van der Waals surface area contributed by atoms with Gasteiger partial charge >= 0.3 is 0 Å². The lowest BCUT2D eigenvalue weighted by Gasteiger charge is -1.98. The zero-order valence-corrected chi connectivity index (χ0v) is 7.88. The van der Waals surface area contributed by atoms with Crippen LogP contribution in [0.15, 0.2) is 12.1 Å². The van der Waals surface area contributed by atoms with Gasteiger partial charge in [0.05, 0.1) is 11.4 Å². The van der Waals surface area contributed by atoms with Crippen molar-refractivity contribution < 1.29 is 0 Å². The van der Waals surface area contributed by atoms with Gasteiger partial charge in [-0.15, -0.1) is 0 Å². The van der Waals surface area contributed by atoms with Crippen LogP contribution in [0.2, 0.25) is 0 Å². The van der Waals surface area contributed by atoms with Crippen LogP contribution in [0, 0.1) is 6.92 Å². The first-order chi connectivity index (χ1) is 5.83. The summed E-state index contributed by atoms with van der Waals surface area (Å²) in [5.74, 6) is 0. The van der Waals surface area contributed by atoms with Gasteiger partial charge in [-0.3, -0.25) is 0 Å². The molecule has 2 nitrogen and oxygen atoms in total. The fourth-order valence-corrected chi connectivity index (χ4v) is 1.12. The number of aryl methyl sites for hydroxylation is 2. The highest BCUT2D eigenvalue weighted by Crippen LogP contribution is 2.02. The Balaban J connectivity index is 2.37. The van der Waals surface area contributed by atoms with Crippen molar-refractivity contribution in [1.29, 1.82) is 0 Å². The van der Waals surface area contributed by atoms with Crippen molar-refractivity contribution in [1.82, 2.24) is 10.2 Å². The van der Waals surface area contributed by atoms with Gasteiger partial charge in [0.25, 0.3) is 0 Å². The maximum absolute atomic E-state index is 4.10. The van der Waals surface area contributed by atoms with E-state index in [2.05, 4.69) is 23.2 Å². The molecule has 12 heavy (non-hydrogen) atoms.